The molecule has 0 saturated carbocycles. The maximum absolute atomic E-state index is 10.9. The molecule has 0 atom stereocenters. The summed E-state index contributed by atoms with van der Waals surface area (Å²) in [6.45, 7) is 7.28. The molecule has 0 bridgehead atoms. The lowest BCUT2D eigenvalue weighted by molar-refractivity contribution is -0.116. The van der Waals surface area contributed by atoms with Gasteiger partial charge in [-0.3, -0.25) is 9.69 Å². The van der Waals surface area contributed by atoms with Crippen LogP contribution in [-0.4, -0.2) is 53.4 Å². The second kappa shape index (κ2) is 5.03. The van der Waals surface area contributed by atoms with Crippen molar-refractivity contribution in [3.8, 4) is 0 Å². The van der Waals surface area contributed by atoms with Gasteiger partial charge in [0.05, 0.1) is 6.54 Å². The summed E-state index contributed by atoms with van der Waals surface area (Å²) in [5, 5.41) is 0. The summed E-state index contributed by atoms with van der Waals surface area (Å²) in [4.78, 5) is 23.5. The van der Waals surface area contributed by atoms with Crippen LogP contribution in [0.3, 0.4) is 0 Å². The Morgan fingerprint density at radius 1 is 1.25 bits per heavy atom. The summed E-state index contributed by atoms with van der Waals surface area (Å²) in [6, 6.07) is 1.81. The van der Waals surface area contributed by atoms with Gasteiger partial charge in [-0.05, 0) is 6.07 Å². The third kappa shape index (κ3) is 2.76. The maximum atomic E-state index is 10.9. The van der Waals surface area contributed by atoms with Crippen molar-refractivity contribution in [3.05, 3.63) is 25.4 Å². The highest BCUT2D eigenvalue weighted by Crippen LogP contribution is 2.09. The van der Waals surface area contributed by atoms with E-state index in [0.29, 0.717) is 6.54 Å². The minimum atomic E-state index is -0.0237. The van der Waals surface area contributed by atoms with Crippen molar-refractivity contribution < 1.29 is 4.79 Å². The van der Waals surface area contributed by atoms with Crippen LogP contribution in [0.15, 0.2) is 18.5 Å². The normalized spacial score (nSPS) is 17.4. The molecule has 1 saturated heterocycles. The molecular formula is C11H15N4O. The van der Waals surface area contributed by atoms with E-state index in [1.165, 1.54) is 0 Å². The highest BCUT2D eigenvalue weighted by molar-refractivity contribution is 5.84. The Kier molecular flexibility index (Phi) is 3.46. The minimum absolute atomic E-state index is 0.0237. The number of carbonyl (C=O) groups excluding carboxylic acids is 1. The van der Waals surface area contributed by atoms with Gasteiger partial charge in [0.2, 0.25) is 5.95 Å². The average Bonchev–Trinajstić information content (AvgIpc) is 2.30. The summed E-state index contributed by atoms with van der Waals surface area (Å²) in [7, 11) is 0. The summed E-state index contributed by atoms with van der Waals surface area (Å²) >= 11 is 0. The summed E-state index contributed by atoms with van der Waals surface area (Å²) in [6.07, 6.45) is 3.49. The fourth-order valence-corrected chi connectivity index (χ4v) is 1.81. The van der Waals surface area contributed by atoms with Gasteiger partial charge in [-0.25, -0.2) is 9.97 Å². The Morgan fingerprint density at radius 3 is 2.44 bits per heavy atom. The van der Waals surface area contributed by atoms with E-state index in [-0.39, 0.29) is 5.78 Å². The molecule has 5 heteroatoms. The molecule has 2 heterocycles. The Balaban J connectivity index is 1.88. The lowest BCUT2D eigenvalue weighted by Crippen LogP contribution is -2.48. The van der Waals surface area contributed by atoms with E-state index in [1.54, 1.807) is 18.5 Å². The number of Topliss-reactive ketones (excluding diaryl/α,β-unsaturated/α-hetero) is 1. The number of rotatable bonds is 3. The van der Waals surface area contributed by atoms with Crippen LogP contribution in [0.1, 0.15) is 0 Å². The molecule has 0 aliphatic carbocycles. The predicted molar refractivity (Wildman–Crippen MR) is 61.0 cm³/mol. The summed E-state index contributed by atoms with van der Waals surface area (Å²) in [5.74, 6) is 0.743. The third-order valence-electron chi connectivity index (χ3n) is 2.61. The minimum Gasteiger partial charge on any atom is -0.338 e. The van der Waals surface area contributed by atoms with Crippen LogP contribution in [0.2, 0.25) is 0 Å². The van der Waals surface area contributed by atoms with Gasteiger partial charge in [0.15, 0.2) is 0 Å². The molecule has 0 spiro atoms. The number of ketones is 1. The van der Waals surface area contributed by atoms with Crippen molar-refractivity contribution in [2.75, 3.05) is 37.6 Å². The fourth-order valence-electron chi connectivity index (χ4n) is 1.81. The number of aromatic nitrogens is 2. The van der Waals surface area contributed by atoms with Crippen LogP contribution in [-0.2, 0) is 4.79 Å². The summed E-state index contributed by atoms with van der Waals surface area (Å²) < 4.78 is 0. The molecular weight excluding hydrogens is 204 g/mol. The van der Waals surface area contributed by atoms with E-state index in [9.17, 15) is 4.79 Å². The van der Waals surface area contributed by atoms with Gasteiger partial charge in [-0.2, -0.15) is 0 Å². The first kappa shape index (κ1) is 11.0. The van der Waals surface area contributed by atoms with E-state index in [1.807, 2.05) is 0 Å². The SMILES string of the molecule is [CH2]C(=O)CN1CCN(c2ncccn2)CC1. The maximum Gasteiger partial charge on any atom is 0.225 e. The molecule has 0 amide bonds. The van der Waals surface area contributed by atoms with E-state index in [0.717, 1.165) is 32.1 Å². The Labute approximate surface area is 95.1 Å². The molecule has 1 radical (unpaired) electrons. The quantitative estimate of drug-likeness (QED) is 0.716. The monoisotopic (exact) mass is 219 g/mol. The van der Waals surface area contributed by atoms with E-state index in [2.05, 4.69) is 26.7 Å². The topological polar surface area (TPSA) is 49.3 Å². The molecule has 5 nitrogen and oxygen atoms in total. The number of hydrogen-bond donors (Lipinski definition) is 0. The van der Waals surface area contributed by atoms with Crippen LogP contribution in [0.5, 0.6) is 0 Å². The Hall–Kier alpha value is -1.49. The first-order valence-corrected chi connectivity index (χ1v) is 5.35. The predicted octanol–water partition coefficient (Wildman–Crippen LogP) is 0.00179. The summed E-state index contributed by atoms with van der Waals surface area (Å²) in [5.41, 5.74) is 0. The van der Waals surface area contributed by atoms with Crippen LogP contribution in [0.25, 0.3) is 0 Å². The second-order valence-corrected chi connectivity index (χ2v) is 3.85. The second-order valence-electron chi connectivity index (χ2n) is 3.85. The largest absolute Gasteiger partial charge is 0.338 e. The first-order chi connectivity index (χ1) is 7.75. The van der Waals surface area contributed by atoms with Gasteiger partial charge < -0.3 is 4.90 Å². The lowest BCUT2D eigenvalue weighted by Gasteiger charge is -2.33. The van der Waals surface area contributed by atoms with Crippen molar-refractivity contribution in [1.82, 2.24) is 14.9 Å². The lowest BCUT2D eigenvalue weighted by atomic mass is 10.3. The number of anilines is 1. The van der Waals surface area contributed by atoms with Gasteiger partial charge in [0.25, 0.3) is 0 Å². The zero-order valence-corrected chi connectivity index (χ0v) is 9.17. The molecule has 0 unspecified atom stereocenters. The van der Waals surface area contributed by atoms with Crippen molar-refractivity contribution in [2.24, 2.45) is 0 Å². The molecule has 85 valence electrons. The van der Waals surface area contributed by atoms with E-state index < -0.39 is 0 Å². The van der Waals surface area contributed by atoms with Gasteiger partial charge in [0, 0.05) is 45.5 Å². The molecule has 2 rings (SSSR count). The van der Waals surface area contributed by atoms with Crippen molar-refractivity contribution in [1.29, 1.82) is 0 Å². The first-order valence-electron chi connectivity index (χ1n) is 5.35. The van der Waals surface area contributed by atoms with Crippen molar-refractivity contribution in [3.63, 3.8) is 0 Å². The molecule has 1 aliphatic rings. The van der Waals surface area contributed by atoms with Crippen LogP contribution in [0.4, 0.5) is 5.95 Å². The van der Waals surface area contributed by atoms with E-state index >= 15 is 0 Å². The molecule has 1 fully saturated rings. The molecule has 1 aromatic heterocycles. The van der Waals surface area contributed by atoms with E-state index in [4.69, 9.17) is 0 Å². The smallest absolute Gasteiger partial charge is 0.225 e. The molecule has 0 N–H and O–H groups in total. The van der Waals surface area contributed by atoms with Crippen LogP contribution < -0.4 is 4.90 Å². The van der Waals surface area contributed by atoms with Crippen LogP contribution in [0, 0.1) is 6.92 Å². The molecule has 1 aliphatic heterocycles. The standard InChI is InChI=1S/C11H15N4O/c1-10(16)9-14-5-7-15(8-6-14)11-12-3-2-4-13-11/h2-4H,1,5-9H2. The number of hydrogen-bond acceptors (Lipinski definition) is 5. The van der Waals surface area contributed by atoms with Gasteiger partial charge in [-0.15, -0.1) is 0 Å². The fraction of sp³-hybridized carbons (Fsp3) is 0.455. The van der Waals surface area contributed by atoms with Gasteiger partial charge in [0.1, 0.15) is 5.78 Å². The molecule has 1 aromatic rings. The number of nitrogens with zero attached hydrogens (tertiary/aromatic N) is 4. The molecule has 0 aromatic carbocycles. The van der Waals surface area contributed by atoms with Gasteiger partial charge >= 0.3 is 0 Å². The average molecular weight is 219 g/mol. The van der Waals surface area contributed by atoms with Crippen molar-refractivity contribution >= 4 is 11.7 Å². The third-order valence-corrected chi connectivity index (χ3v) is 2.61. The highest BCUT2D eigenvalue weighted by Gasteiger charge is 2.18. The van der Waals surface area contributed by atoms with Crippen molar-refractivity contribution in [2.45, 2.75) is 0 Å². The highest BCUT2D eigenvalue weighted by atomic mass is 16.1. The van der Waals surface area contributed by atoms with Crippen LogP contribution >= 0.6 is 0 Å². The Morgan fingerprint density at radius 2 is 1.88 bits per heavy atom. The number of piperazine rings is 1. The number of carbonyl (C=O) groups is 1. The Bertz CT molecular complexity index is 346. The van der Waals surface area contributed by atoms with Gasteiger partial charge in [-0.1, -0.05) is 0 Å². The zero-order chi connectivity index (χ0) is 11.4. The zero-order valence-electron chi connectivity index (χ0n) is 9.17. The molecule has 16 heavy (non-hydrogen) atoms.